The van der Waals surface area contributed by atoms with Crippen molar-refractivity contribution in [3.63, 3.8) is 0 Å². The van der Waals surface area contributed by atoms with Gasteiger partial charge >= 0.3 is 6.18 Å². The molecule has 1 heterocycles. The van der Waals surface area contributed by atoms with Crippen molar-refractivity contribution in [3.05, 3.63) is 40.3 Å². The van der Waals surface area contributed by atoms with E-state index in [4.69, 9.17) is 17.3 Å². The van der Waals surface area contributed by atoms with Gasteiger partial charge in [0.15, 0.2) is 0 Å². The number of aromatic nitrogens is 2. The van der Waals surface area contributed by atoms with E-state index in [1.54, 1.807) is 7.05 Å². The smallest absolute Gasteiger partial charge is 0.383 e. The summed E-state index contributed by atoms with van der Waals surface area (Å²) in [4.78, 5) is 13.1. The molecule has 4 N–H and O–H groups in total. The van der Waals surface area contributed by atoms with Gasteiger partial charge in [0, 0.05) is 25.2 Å². The van der Waals surface area contributed by atoms with E-state index in [1.165, 1.54) is 16.8 Å². The molecule has 1 amide bonds. The maximum absolute atomic E-state index is 13.5. The number of nitrogen functional groups attached to an aromatic ring is 1. The minimum absolute atomic E-state index is 0.00866. The number of nitrogens with two attached hydrogens (primary N) is 1. The minimum atomic E-state index is -4.51. The highest BCUT2D eigenvalue weighted by Gasteiger charge is 2.45. The maximum atomic E-state index is 13.5. The quantitative estimate of drug-likeness (QED) is 0.433. The lowest BCUT2D eigenvalue weighted by Gasteiger charge is -2.18. The van der Waals surface area contributed by atoms with Crippen molar-refractivity contribution in [1.82, 2.24) is 14.5 Å². The third-order valence-electron chi connectivity index (χ3n) is 7.32. The summed E-state index contributed by atoms with van der Waals surface area (Å²) in [5.41, 5.74) is 7.38. The van der Waals surface area contributed by atoms with Gasteiger partial charge in [-0.25, -0.2) is 13.3 Å². The van der Waals surface area contributed by atoms with Gasteiger partial charge in [0.05, 0.1) is 10.7 Å². The number of hydrogen-bond donors (Lipinski definition) is 3. The van der Waals surface area contributed by atoms with Gasteiger partial charge in [0.1, 0.15) is 33.4 Å². The summed E-state index contributed by atoms with van der Waals surface area (Å²) in [6.07, 6.45) is -1.33. The molecule has 0 radical (unpaired) electrons. The molecule has 1 aromatic carbocycles. The zero-order chi connectivity index (χ0) is 26.4. The van der Waals surface area contributed by atoms with E-state index in [2.05, 4.69) is 15.1 Å². The van der Waals surface area contributed by atoms with Crippen molar-refractivity contribution in [1.29, 1.82) is 0 Å². The Labute approximate surface area is 213 Å². The highest BCUT2D eigenvalue weighted by molar-refractivity contribution is 7.83. The maximum Gasteiger partial charge on any atom is 0.404 e. The fourth-order valence-electron chi connectivity index (χ4n) is 5.42. The molecule has 2 saturated carbocycles. The summed E-state index contributed by atoms with van der Waals surface area (Å²) in [6, 6.07) is 3.88. The highest BCUT2D eigenvalue weighted by Crippen LogP contribution is 2.53. The average molecular weight is 550 g/mol. The van der Waals surface area contributed by atoms with Crippen molar-refractivity contribution >= 4 is 40.0 Å². The Morgan fingerprint density at radius 3 is 2.50 bits per heavy atom. The molecule has 1 aromatic heterocycles. The number of rotatable bonds is 7. The van der Waals surface area contributed by atoms with Gasteiger partial charge < -0.3 is 11.1 Å². The van der Waals surface area contributed by atoms with Crippen LogP contribution in [-0.2, 0) is 18.0 Å². The lowest BCUT2D eigenvalue weighted by Crippen LogP contribution is -2.38. The molecule has 36 heavy (non-hydrogen) atoms. The van der Waals surface area contributed by atoms with Crippen LogP contribution in [0.5, 0.6) is 0 Å². The van der Waals surface area contributed by atoms with Crippen LogP contribution in [0, 0.1) is 23.6 Å². The van der Waals surface area contributed by atoms with E-state index in [0.717, 1.165) is 38.7 Å². The second-order valence-electron chi connectivity index (χ2n) is 9.71. The second-order valence-corrected chi connectivity index (χ2v) is 11.7. The van der Waals surface area contributed by atoms with E-state index in [1.807, 2.05) is 0 Å². The molecular formula is C23H28ClF4N5O2S. The van der Waals surface area contributed by atoms with E-state index in [-0.39, 0.29) is 34.8 Å². The van der Waals surface area contributed by atoms with Gasteiger partial charge in [-0.15, -0.1) is 0 Å². The first kappa shape index (κ1) is 26.9. The number of aryl methyl sites for hydroxylation is 1. The Morgan fingerprint density at radius 2 is 1.92 bits per heavy atom. The van der Waals surface area contributed by atoms with Crippen LogP contribution >= 0.6 is 11.6 Å². The molecule has 0 spiro atoms. The summed E-state index contributed by atoms with van der Waals surface area (Å²) >= 11 is 5.82. The Kier molecular flexibility index (Phi) is 7.68. The van der Waals surface area contributed by atoms with Crippen LogP contribution in [0.1, 0.15) is 54.6 Å². The summed E-state index contributed by atoms with van der Waals surface area (Å²) in [7, 11) is -0.520. The van der Waals surface area contributed by atoms with Crippen LogP contribution in [0.4, 0.5) is 29.1 Å². The number of fused-ring (bicyclic) bond motifs is 1. The number of nitrogens with zero attached hydrogens (tertiary/aromatic N) is 2. The van der Waals surface area contributed by atoms with E-state index < -0.39 is 34.1 Å². The SMILES string of the molecule is CC(S(=O)NCC1CC2CC(c3nn(C)c(N)c3C(=O)Nc3ccc(F)c(Cl)c3)CC2C1)C(F)(F)F. The number of halogens is 5. The standard InChI is InChI=1S/C23H28ClF4N5O2S/c1-11(23(26,27)28)36(35)30-10-12-5-13-7-15(8-14(13)6-12)20-19(21(29)33(2)32-20)22(34)31-16-3-4-18(25)17(24)9-16/h3-4,9,11-15,30H,5-8,10,29H2,1-2H3,(H,31,34). The molecule has 4 atom stereocenters. The van der Waals surface area contributed by atoms with Crippen LogP contribution in [-0.4, -0.2) is 37.9 Å². The van der Waals surface area contributed by atoms with Crippen LogP contribution in [0.15, 0.2) is 18.2 Å². The molecule has 0 bridgehead atoms. The van der Waals surface area contributed by atoms with Crippen LogP contribution in [0.25, 0.3) is 0 Å². The first-order chi connectivity index (χ1) is 16.8. The van der Waals surface area contributed by atoms with Crippen molar-refractivity contribution in [3.8, 4) is 0 Å². The lowest BCUT2D eigenvalue weighted by atomic mass is 9.93. The first-order valence-corrected chi connectivity index (χ1v) is 13.2. The molecule has 0 aliphatic heterocycles. The molecule has 2 aliphatic rings. The molecule has 198 valence electrons. The largest absolute Gasteiger partial charge is 0.404 e. The first-order valence-electron chi connectivity index (χ1n) is 11.6. The van der Waals surface area contributed by atoms with Crippen LogP contribution in [0.2, 0.25) is 5.02 Å². The zero-order valence-corrected chi connectivity index (χ0v) is 21.3. The summed E-state index contributed by atoms with van der Waals surface area (Å²) in [5, 5.41) is 5.19. The van der Waals surface area contributed by atoms with Gasteiger partial charge in [0.25, 0.3) is 5.91 Å². The third kappa shape index (κ3) is 5.55. The van der Waals surface area contributed by atoms with E-state index in [0.29, 0.717) is 23.2 Å². The third-order valence-corrected chi connectivity index (χ3v) is 8.97. The normalized spacial score (nSPS) is 25.5. The molecule has 2 aliphatic carbocycles. The van der Waals surface area contributed by atoms with Crippen LogP contribution in [0.3, 0.4) is 0 Å². The van der Waals surface area contributed by atoms with E-state index in [9.17, 15) is 26.6 Å². The second kappa shape index (κ2) is 10.3. The zero-order valence-electron chi connectivity index (χ0n) is 19.7. The predicted molar refractivity (Wildman–Crippen MR) is 130 cm³/mol. The molecule has 4 unspecified atom stereocenters. The summed E-state index contributed by atoms with van der Waals surface area (Å²) in [6.45, 7) is 1.18. The highest BCUT2D eigenvalue weighted by atomic mass is 35.5. The predicted octanol–water partition coefficient (Wildman–Crippen LogP) is 4.77. The molecule has 4 rings (SSSR count). The molecule has 2 fully saturated rings. The lowest BCUT2D eigenvalue weighted by molar-refractivity contribution is -0.126. The number of nitrogens with one attached hydrogen (secondary N) is 2. The van der Waals surface area contributed by atoms with Gasteiger partial charge in [0.2, 0.25) is 0 Å². The average Bonchev–Trinajstić information content (AvgIpc) is 3.45. The van der Waals surface area contributed by atoms with Crippen LogP contribution < -0.4 is 15.8 Å². The fourth-order valence-corrected chi connectivity index (χ4v) is 6.50. The molecule has 0 saturated heterocycles. The Balaban J connectivity index is 1.39. The number of benzene rings is 1. The Bertz CT molecular complexity index is 1160. The molecule has 13 heteroatoms. The van der Waals surface area contributed by atoms with Crippen molar-refractivity contribution in [2.75, 3.05) is 17.6 Å². The van der Waals surface area contributed by atoms with Crippen molar-refractivity contribution in [2.24, 2.45) is 24.8 Å². The fraction of sp³-hybridized carbons (Fsp3) is 0.565. The number of alkyl halides is 3. The number of hydrogen-bond acceptors (Lipinski definition) is 4. The van der Waals surface area contributed by atoms with Crippen molar-refractivity contribution < 1.29 is 26.6 Å². The molecule has 2 aromatic rings. The summed E-state index contributed by atoms with van der Waals surface area (Å²) < 4.78 is 67.7. The van der Waals surface area contributed by atoms with E-state index >= 15 is 0 Å². The number of carbonyl (C=O) groups excluding carboxylic acids is 1. The molecular weight excluding hydrogens is 522 g/mol. The summed E-state index contributed by atoms with van der Waals surface area (Å²) in [5.74, 6) is -0.00624. The van der Waals surface area contributed by atoms with Gasteiger partial charge in [-0.3, -0.25) is 9.48 Å². The van der Waals surface area contributed by atoms with Gasteiger partial charge in [-0.05, 0) is 68.6 Å². The monoisotopic (exact) mass is 549 g/mol. The number of carbonyl (C=O) groups is 1. The minimum Gasteiger partial charge on any atom is -0.383 e. The van der Waals surface area contributed by atoms with Crippen molar-refractivity contribution in [2.45, 2.75) is 50.0 Å². The number of amides is 1. The van der Waals surface area contributed by atoms with Gasteiger partial charge in [-0.1, -0.05) is 11.6 Å². The number of anilines is 2. The van der Waals surface area contributed by atoms with Gasteiger partial charge in [-0.2, -0.15) is 18.3 Å². The molecule has 7 nitrogen and oxygen atoms in total. The Hall–Kier alpha value is -2.18. The topological polar surface area (TPSA) is 102 Å². The Morgan fingerprint density at radius 1 is 1.28 bits per heavy atom.